The van der Waals surface area contributed by atoms with Gasteiger partial charge in [0.2, 0.25) is 0 Å². The average molecular weight is 296 g/mol. The van der Waals surface area contributed by atoms with E-state index >= 15 is 0 Å². The largest absolute Gasteiger partial charge is 0.360 e. The molecule has 0 spiro atoms. The van der Waals surface area contributed by atoms with E-state index in [2.05, 4.69) is 64.1 Å². The van der Waals surface area contributed by atoms with Crippen molar-refractivity contribution in [2.24, 2.45) is 0 Å². The van der Waals surface area contributed by atoms with Crippen LogP contribution in [0.2, 0.25) is 0 Å². The standard InChI is InChI=1S/C18H24N4/c1-4-5-11-21(3)17-13-18(20-14(2)19-17)22-12-10-15-8-6-7-9-16(15)22/h6-9,13H,4-5,10-12H2,1-3H3. The van der Waals surface area contributed by atoms with Gasteiger partial charge in [0, 0.05) is 31.9 Å². The normalized spacial score (nSPS) is 13.3. The van der Waals surface area contributed by atoms with Gasteiger partial charge in [0.15, 0.2) is 0 Å². The maximum absolute atomic E-state index is 4.67. The minimum Gasteiger partial charge on any atom is -0.360 e. The zero-order valence-electron chi connectivity index (χ0n) is 13.7. The molecule has 22 heavy (non-hydrogen) atoms. The Labute approximate surface area is 132 Å². The lowest BCUT2D eigenvalue weighted by Gasteiger charge is -2.23. The van der Waals surface area contributed by atoms with Crippen LogP contribution in [0.1, 0.15) is 31.2 Å². The number of aromatic nitrogens is 2. The van der Waals surface area contributed by atoms with Gasteiger partial charge >= 0.3 is 0 Å². The molecule has 1 aromatic carbocycles. The predicted molar refractivity (Wildman–Crippen MR) is 92.1 cm³/mol. The van der Waals surface area contributed by atoms with Crippen LogP contribution >= 0.6 is 0 Å². The molecule has 0 amide bonds. The number of nitrogens with zero attached hydrogens (tertiary/aromatic N) is 4. The van der Waals surface area contributed by atoms with Crippen LogP contribution in [-0.2, 0) is 6.42 Å². The van der Waals surface area contributed by atoms with E-state index in [1.165, 1.54) is 24.1 Å². The second-order valence-electron chi connectivity index (χ2n) is 5.94. The van der Waals surface area contributed by atoms with Gasteiger partial charge < -0.3 is 9.80 Å². The van der Waals surface area contributed by atoms with Crippen molar-refractivity contribution in [2.45, 2.75) is 33.1 Å². The maximum Gasteiger partial charge on any atom is 0.138 e. The molecule has 2 aromatic rings. The molecular weight excluding hydrogens is 272 g/mol. The fourth-order valence-electron chi connectivity index (χ4n) is 2.96. The average Bonchev–Trinajstić information content (AvgIpc) is 2.96. The molecule has 1 aliphatic heterocycles. The quantitative estimate of drug-likeness (QED) is 0.842. The fourth-order valence-corrected chi connectivity index (χ4v) is 2.96. The van der Waals surface area contributed by atoms with Crippen LogP contribution < -0.4 is 9.80 Å². The summed E-state index contributed by atoms with van der Waals surface area (Å²) in [4.78, 5) is 13.8. The Morgan fingerprint density at radius 3 is 2.86 bits per heavy atom. The first-order chi connectivity index (χ1) is 10.7. The molecule has 0 N–H and O–H groups in total. The topological polar surface area (TPSA) is 32.3 Å². The highest BCUT2D eigenvalue weighted by molar-refractivity contribution is 5.69. The van der Waals surface area contributed by atoms with E-state index < -0.39 is 0 Å². The Bertz CT molecular complexity index is 653. The third-order valence-corrected chi connectivity index (χ3v) is 4.21. The molecule has 0 unspecified atom stereocenters. The Kier molecular flexibility index (Phi) is 4.27. The van der Waals surface area contributed by atoms with E-state index in [0.717, 1.165) is 37.0 Å². The van der Waals surface area contributed by atoms with Crippen molar-refractivity contribution in [1.29, 1.82) is 0 Å². The summed E-state index contributed by atoms with van der Waals surface area (Å²) in [5.74, 6) is 2.86. The van der Waals surface area contributed by atoms with Crippen LogP contribution in [0.5, 0.6) is 0 Å². The van der Waals surface area contributed by atoms with Crippen LogP contribution in [0.4, 0.5) is 17.3 Å². The zero-order chi connectivity index (χ0) is 15.5. The van der Waals surface area contributed by atoms with E-state index in [0.29, 0.717) is 0 Å². The highest BCUT2D eigenvalue weighted by Crippen LogP contribution is 2.34. The lowest BCUT2D eigenvalue weighted by atomic mass is 10.2. The van der Waals surface area contributed by atoms with Crippen LogP contribution in [-0.4, -0.2) is 30.1 Å². The minimum atomic E-state index is 0.834. The van der Waals surface area contributed by atoms with Gasteiger partial charge in [-0.25, -0.2) is 9.97 Å². The molecule has 0 saturated heterocycles. The van der Waals surface area contributed by atoms with Crippen molar-refractivity contribution in [1.82, 2.24) is 9.97 Å². The van der Waals surface area contributed by atoms with Gasteiger partial charge in [-0.15, -0.1) is 0 Å². The van der Waals surface area contributed by atoms with Crippen molar-refractivity contribution in [3.8, 4) is 0 Å². The number of aryl methyl sites for hydroxylation is 1. The van der Waals surface area contributed by atoms with Gasteiger partial charge in [0.1, 0.15) is 17.5 Å². The van der Waals surface area contributed by atoms with E-state index in [1.54, 1.807) is 0 Å². The van der Waals surface area contributed by atoms with Gasteiger partial charge in [-0.2, -0.15) is 0 Å². The van der Waals surface area contributed by atoms with E-state index in [9.17, 15) is 0 Å². The Balaban J connectivity index is 1.90. The van der Waals surface area contributed by atoms with Gasteiger partial charge in [0.05, 0.1) is 0 Å². The van der Waals surface area contributed by atoms with Crippen molar-refractivity contribution in [2.75, 3.05) is 29.9 Å². The lowest BCUT2D eigenvalue weighted by molar-refractivity contribution is 0.755. The first-order valence-electron chi connectivity index (χ1n) is 8.11. The van der Waals surface area contributed by atoms with E-state index in [-0.39, 0.29) is 0 Å². The van der Waals surface area contributed by atoms with Gasteiger partial charge in [-0.1, -0.05) is 31.5 Å². The summed E-state index contributed by atoms with van der Waals surface area (Å²) in [6.45, 7) is 6.21. The second-order valence-corrected chi connectivity index (χ2v) is 5.94. The number of hydrogen-bond donors (Lipinski definition) is 0. The minimum absolute atomic E-state index is 0.834. The molecule has 0 atom stereocenters. The molecule has 4 nitrogen and oxygen atoms in total. The summed E-state index contributed by atoms with van der Waals surface area (Å²) in [5.41, 5.74) is 2.68. The molecule has 4 heteroatoms. The number of anilines is 3. The molecular formula is C18H24N4. The lowest BCUT2D eigenvalue weighted by Crippen LogP contribution is -2.22. The first-order valence-corrected chi connectivity index (χ1v) is 8.11. The molecule has 3 rings (SSSR count). The second kappa shape index (κ2) is 6.34. The zero-order valence-corrected chi connectivity index (χ0v) is 13.7. The van der Waals surface area contributed by atoms with Crippen molar-refractivity contribution in [3.63, 3.8) is 0 Å². The van der Waals surface area contributed by atoms with E-state index in [4.69, 9.17) is 0 Å². The molecule has 1 aliphatic rings. The van der Waals surface area contributed by atoms with Crippen molar-refractivity contribution in [3.05, 3.63) is 41.7 Å². The monoisotopic (exact) mass is 296 g/mol. The Morgan fingerprint density at radius 2 is 2.05 bits per heavy atom. The number of para-hydroxylation sites is 1. The van der Waals surface area contributed by atoms with Crippen LogP contribution in [0.25, 0.3) is 0 Å². The Morgan fingerprint density at radius 1 is 1.23 bits per heavy atom. The number of hydrogen-bond acceptors (Lipinski definition) is 4. The number of unbranched alkanes of at least 4 members (excludes halogenated alkanes) is 1. The number of benzene rings is 1. The van der Waals surface area contributed by atoms with Crippen LogP contribution in [0.15, 0.2) is 30.3 Å². The molecule has 2 heterocycles. The summed E-state index contributed by atoms with van der Waals surface area (Å²) >= 11 is 0. The smallest absolute Gasteiger partial charge is 0.138 e. The predicted octanol–water partition coefficient (Wildman–Crippen LogP) is 3.72. The molecule has 116 valence electrons. The molecule has 1 aromatic heterocycles. The number of rotatable bonds is 5. The summed E-state index contributed by atoms with van der Waals surface area (Å²) in [6.07, 6.45) is 3.46. The number of fused-ring (bicyclic) bond motifs is 1. The third-order valence-electron chi connectivity index (χ3n) is 4.21. The van der Waals surface area contributed by atoms with E-state index in [1.807, 2.05) is 6.92 Å². The van der Waals surface area contributed by atoms with Gasteiger partial charge in [0.25, 0.3) is 0 Å². The Hall–Kier alpha value is -2.10. The molecule has 0 bridgehead atoms. The molecule has 0 aliphatic carbocycles. The third kappa shape index (κ3) is 2.91. The van der Waals surface area contributed by atoms with Crippen LogP contribution in [0, 0.1) is 6.92 Å². The maximum atomic E-state index is 4.67. The van der Waals surface area contributed by atoms with Crippen molar-refractivity contribution >= 4 is 17.3 Å². The highest BCUT2D eigenvalue weighted by atomic mass is 15.2. The summed E-state index contributed by atoms with van der Waals surface area (Å²) in [6, 6.07) is 10.7. The fraction of sp³-hybridized carbons (Fsp3) is 0.444. The van der Waals surface area contributed by atoms with Gasteiger partial charge in [-0.3, -0.25) is 0 Å². The SMILES string of the molecule is CCCCN(C)c1cc(N2CCc3ccccc32)nc(C)n1. The first kappa shape index (κ1) is 14.8. The summed E-state index contributed by atoms with van der Waals surface area (Å²) in [5, 5.41) is 0. The molecule has 0 fully saturated rings. The highest BCUT2D eigenvalue weighted by Gasteiger charge is 2.21. The van der Waals surface area contributed by atoms with Gasteiger partial charge in [-0.05, 0) is 31.4 Å². The summed E-state index contributed by atoms with van der Waals surface area (Å²) in [7, 11) is 2.11. The molecule has 0 saturated carbocycles. The van der Waals surface area contributed by atoms with Crippen molar-refractivity contribution < 1.29 is 0 Å². The molecule has 0 radical (unpaired) electrons. The van der Waals surface area contributed by atoms with Crippen LogP contribution in [0.3, 0.4) is 0 Å². The summed E-state index contributed by atoms with van der Waals surface area (Å²) < 4.78 is 0.